The van der Waals surface area contributed by atoms with E-state index in [2.05, 4.69) is 58.3 Å². The Bertz CT molecular complexity index is 589. The van der Waals surface area contributed by atoms with Gasteiger partial charge in [-0.05, 0) is 42.9 Å². The highest BCUT2D eigenvalue weighted by Gasteiger charge is 2.19. The first-order valence-electron chi connectivity index (χ1n) is 9.20. The van der Waals surface area contributed by atoms with E-state index in [1.165, 1.54) is 36.9 Å². The van der Waals surface area contributed by atoms with Gasteiger partial charge in [0.1, 0.15) is 0 Å². The Labute approximate surface area is 145 Å². The van der Waals surface area contributed by atoms with Gasteiger partial charge in [-0.15, -0.1) is 0 Å². The Hall–Kier alpha value is -1.65. The summed E-state index contributed by atoms with van der Waals surface area (Å²) < 4.78 is 0. The van der Waals surface area contributed by atoms with Crippen molar-refractivity contribution in [3.05, 3.63) is 53.6 Å². The quantitative estimate of drug-likeness (QED) is 0.820. The molecule has 1 saturated heterocycles. The van der Waals surface area contributed by atoms with Gasteiger partial charge in [0.05, 0.1) is 6.33 Å². The number of nitrogens with one attached hydrogen (secondary N) is 2. The molecule has 1 aromatic carbocycles. The highest BCUT2D eigenvalue weighted by atomic mass is 15.2. The molecule has 1 fully saturated rings. The number of imidazole rings is 1. The first-order chi connectivity index (χ1) is 11.7. The summed E-state index contributed by atoms with van der Waals surface area (Å²) in [5, 5.41) is 3.66. The molecule has 1 aliphatic heterocycles. The van der Waals surface area contributed by atoms with Crippen molar-refractivity contribution in [1.29, 1.82) is 0 Å². The number of aromatic nitrogens is 2. The number of nitrogens with zero attached hydrogens (tertiary/aromatic N) is 2. The van der Waals surface area contributed by atoms with Gasteiger partial charge in [0.25, 0.3) is 0 Å². The van der Waals surface area contributed by atoms with Crippen LogP contribution in [0.4, 0.5) is 0 Å². The topological polar surface area (TPSA) is 44.0 Å². The molecule has 130 valence electrons. The van der Waals surface area contributed by atoms with E-state index in [4.69, 9.17) is 0 Å². The fourth-order valence-electron chi connectivity index (χ4n) is 3.51. The number of aromatic amines is 1. The van der Waals surface area contributed by atoms with Crippen molar-refractivity contribution in [2.75, 3.05) is 13.1 Å². The first kappa shape index (κ1) is 17.2. The summed E-state index contributed by atoms with van der Waals surface area (Å²) in [4.78, 5) is 9.81. The van der Waals surface area contributed by atoms with E-state index in [9.17, 15) is 0 Å². The molecule has 24 heavy (non-hydrogen) atoms. The summed E-state index contributed by atoms with van der Waals surface area (Å²) in [6, 6.07) is 9.78. The molecule has 1 unspecified atom stereocenters. The zero-order valence-electron chi connectivity index (χ0n) is 15.0. The summed E-state index contributed by atoms with van der Waals surface area (Å²) >= 11 is 0. The molecule has 0 bridgehead atoms. The van der Waals surface area contributed by atoms with Crippen LogP contribution in [0.2, 0.25) is 0 Å². The van der Waals surface area contributed by atoms with Crippen LogP contribution in [-0.2, 0) is 19.5 Å². The molecule has 0 spiro atoms. The molecule has 1 aromatic heterocycles. The maximum Gasteiger partial charge on any atom is 0.0922 e. The van der Waals surface area contributed by atoms with Crippen LogP contribution in [0.3, 0.4) is 0 Å². The number of hydrogen-bond donors (Lipinski definition) is 2. The van der Waals surface area contributed by atoms with Gasteiger partial charge in [0, 0.05) is 37.6 Å². The third kappa shape index (κ3) is 5.18. The van der Waals surface area contributed by atoms with Gasteiger partial charge in [-0.2, -0.15) is 0 Å². The van der Waals surface area contributed by atoms with Crippen molar-refractivity contribution in [2.24, 2.45) is 5.92 Å². The lowest BCUT2D eigenvalue weighted by Crippen LogP contribution is -2.45. The molecule has 4 heteroatoms. The predicted molar refractivity (Wildman–Crippen MR) is 98.7 cm³/mol. The third-order valence-corrected chi connectivity index (χ3v) is 4.71. The van der Waals surface area contributed by atoms with Gasteiger partial charge in [-0.1, -0.05) is 38.1 Å². The van der Waals surface area contributed by atoms with E-state index in [1.807, 2.05) is 6.20 Å². The van der Waals surface area contributed by atoms with E-state index in [1.54, 1.807) is 6.33 Å². The maximum absolute atomic E-state index is 4.08. The second-order valence-corrected chi connectivity index (χ2v) is 7.45. The average molecular weight is 326 g/mol. The van der Waals surface area contributed by atoms with Crippen LogP contribution in [0.5, 0.6) is 0 Å². The molecule has 0 saturated carbocycles. The van der Waals surface area contributed by atoms with E-state index in [-0.39, 0.29) is 0 Å². The summed E-state index contributed by atoms with van der Waals surface area (Å²) in [5.41, 5.74) is 4.04. The molecular weight excluding hydrogens is 296 g/mol. The van der Waals surface area contributed by atoms with Crippen molar-refractivity contribution in [2.45, 2.75) is 52.2 Å². The minimum Gasteiger partial charge on any atom is -0.347 e. The molecule has 0 radical (unpaired) electrons. The summed E-state index contributed by atoms with van der Waals surface area (Å²) in [6.45, 7) is 8.82. The van der Waals surface area contributed by atoms with E-state index in [0.29, 0.717) is 6.04 Å². The lowest BCUT2D eigenvalue weighted by atomic mass is 10.0. The fraction of sp³-hybridized carbons (Fsp3) is 0.550. The Morgan fingerprint density at radius 3 is 2.75 bits per heavy atom. The summed E-state index contributed by atoms with van der Waals surface area (Å²) in [7, 11) is 0. The summed E-state index contributed by atoms with van der Waals surface area (Å²) in [5.74, 6) is 0.722. The van der Waals surface area contributed by atoms with Gasteiger partial charge in [-0.25, -0.2) is 4.98 Å². The molecule has 0 aliphatic carbocycles. The number of benzene rings is 1. The highest BCUT2D eigenvalue weighted by Crippen LogP contribution is 2.16. The van der Waals surface area contributed by atoms with Crippen molar-refractivity contribution in [3.63, 3.8) is 0 Å². The minimum atomic E-state index is 0.572. The zero-order valence-corrected chi connectivity index (χ0v) is 15.0. The van der Waals surface area contributed by atoms with Crippen LogP contribution < -0.4 is 5.32 Å². The second kappa shape index (κ2) is 8.45. The molecule has 1 atom stereocenters. The highest BCUT2D eigenvalue weighted by molar-refractivity contribution is 5.23. The monoisotopic (exact) mass is 326 g/mol. The molecule has 1 aliphatic rings. The molecule has 2 heterocycles. The predicted octanol–water partition coefficient (Wildman–Crippen LogP) is 3.36. The maximum atomic E-state index is 4.08. The minimum absolute atomic E-state index is 0.572. The fourth-order valence-corrected chi connectivity index (χ4v) is 3.51. The van der Waals surface area contributed by atoms with Crippen LogP contribution in [0.15, 0.2) is 36.8 Å². The van der Waals surface area contributed by atoms with Crippen molar-refractivity contribution in [1.82, 2.24) is 20.2 Å². The largest absolute Gasteiger partial charge is 0.347 e. The second-order valence-electron chi connectivity index (χ2n) is 7.45. The zero-order chi connectivity index (χ0) is 16.8. The van der Waals surface area contributed by atoms with Gasteiger partial charge >= 0.3 is 0 Å². The van der Waals surface area contributed by atoms with Crippen LogP contribution in [-0.4, -0.2) is 34.0 Å². The Morgan fingerprint density at radius 1 is 1.25 bits per heavy atom. The number of likely N-dealkylation sites (tertiary alicyclic amines) is 1. The molecule has 2 aromatic rings. The Balaban J connectivity index is 1.47. The molecule has 0 amide bonds. The van der Waals surface area contributed by atoms with Crippen molar-refractivity contribution in [3.8, 4) is 0 Å². The van der Waals surface area contributed by atoms with Crippen molar-refractivity contribution < 1.29 is 0 Å². The third-order valence-electron chi connectivity index (χ3n) is 4.71. The average Bonchev–Trinajstić information content (AvgIpc) is 3.08. The molecular formula is C20H30N4. The SMILES string of the molecule is CC(C)Cc1ccc(CN2CCCC(NCc3cnc[nH]3)C2)cc1. The van der Waals surface area contributed by atoms with Crippen LogP contribution in [0, 0.1) is 5.92 Å². The smallest absolute Gasteiger partial charge is 0.0922 e. The van der Waals surface area contributed by atoms with Crippen LogP contribution in [0.25, 0.3) is 0 Å². The summed E-state index contributed by atoms with van der Waals surface area (Å²) in [6.07, 6.45) is 7.34. The normalized spacial score (nSPS) is 19.0. The number of hydrogen-bond acceptors (Lipinski definition) is 3. The van der Waals surface area contributed by atoms with Crippen molar-refractivity contribution >= 4 is 0 Å². The molecule has 2 N–H and O–H groups in total. The number of H-pyrrole nitrogens is 1. The number of piperidine rings is 1. The van der Waals surface area contributed by atoms with Gasteiger partial charge in [0.2, 0.25) is 0 Å². The van der Waals surface area contributed by atoms with Gasteiger partial charge in [-0.3, -0.25) is 4.90 Å². The first-order valence-corrected chi connectivity index (χ1v) is 9.20. The molecule has 3 rings (SSSR count). The van der Waals surface area contributed by atoms with Gasteiger partial charge < -0.3 is 10.3 Å². The van der Waals surface area contributed by atoms with E-state index in [0.717, 1.165) is 31.2 Å². The Kier molecular flexibility index (Phi) is 6.05. The standard InChI is InChI=1S/C20H30N4/c1-16(2)10-17-5-7-18(8-6-17)13-24-9-3-4-19(14-24)22-12-20-11-21-15-23-20/h5-8,11,15-16,19,22H,3-4,9-10,12-14H2,1-2H3,(H,21,23). The number of rotatable bonds is 7. The van der Waals surface area contributed by atoms with E-state index < -0.39 is 0 Å². The van der Waals surface area contributed by atoms with E-state index >= 15 is 0 Å². The van der Waals surface area contributed by atoms with Crippen LogP contribution in [0.1, 0.15) is 43.5 Å². The van der Waals surface area contributed by atoms with Gasteiger partial charge in [0.15, 0.2) is 0 Å². The van der Waals surface area contributed by atoms with Crippen LogP contribution >= 0.6 is 0 Å². The molecule has 4 nitrogen and oxygen atoms in total. The lowest BCUT2D eigenvalue weighted by molar-refractivity contribution is 0.182. The lowest BCUT2D eigenvalue weighted by Gasteiger charge is -2.33. The Morgan fingerprint density at radius 2 is 2.04 bits per heavy atom.